The van der Waals surface area contributed by atoms with Gasteiger partial charge >= 0.3 is 0 Å². The molecule has 100 valence electrons. The minimum absolute atomic E-state index is 0.152. The molecular formula is C14H22N2O2. The molecule has 0 fully saturated rings. The summed E-state index contributed by atoms with van der Waals surface area (Å²) in [6.07, 6.45) is 1.64. The third-order valence-electron chi connectivity index (χ3n) is 3.12. The van der Waals surface area contributed by atoms with Gasteiger partial charge in [-0.2, -0.15) is 0 Å². The third-order valence-corrected chi connectivity index (χ3v) is 3.12. The number of amides is 1. The van der Waals surface area contributed by atoms with Crippen LogP contribution in [-0.2, 0) is 4.79 Å². The highest BCUT2D eigenvalue weighted by molar-refractivity contribution is 5.82. The minimum atomic E-state index is -0.627. The Morgan fingerprint density at radius 3 is 2.61 bits per heavy atom. The summed E-state index contributed by atoms with van der Waals surface area (Å²) in [5.74, 6) is 0.138. The molecular weight excluding hydrogens is 228 g/mol. The molecule has 1 aromatic carbocycles. The Morgan fingerprint density at radius 2 is 2.06 bits per heavy atom. The lowest BCUT2D eigenvalue weighted by molar-refractivity contribution is -0.122. The molecule has 0 aliphatic heterocycles. The molecule has 4 heteroatoms. The molecule has 1 amide bonds. The van der Waals surface area contributed by atoms with E-state index in [1.165, 1.54) is 0 Å². The highest BCUT2D eigenvalue weighted by Crippen LogP contribution is 2.10. The van der Waals surface area contributed by atoms with Crippen LogP contribution in [0.5, 0.6) is 0 Å². The number of nitrogens with two attached hydrogens (primary N) is 1. The first kappa shape index (κ1) is 14.7. The number of carbonyl (C=O) groups is 1. The average Bonchev–Trinajstić information content (AvgIpc) is 2.43. The molecule has 4 nitrogen and oxygen atoms in total. The van der Waals surface area contributed by atoms with E-state index in [4.69, 9.17) is 10.8 Å². The van der Waals surface area contributed by atoms with E-state index in [-0.39, 0.29) is 12.5 Å². The van der Waals surface area contributed by atoms with Crippen molar-refractivity contribution in [3.05, 3.63) is 35.9 Å². The number of aliphatic hydroxyl groups excluding tert-OH is 1. The van der Waals surface area contributed by atoms with Gasteiger partial charge in [-0.25, -0.2) is 0 Å². The van der Waals surface area contributed by atoms with E-state index in [2.05, 4.69) is 5.32 Å². The molecule has 0 saturated carbocycles. The molecule has 4 N–H and O–H groups in total. The van der Waals surface area contributed by atoms with E-state index < -0.39 is 6.04 Å². The summed E-state index contributed by atoms with van der Waals surface area (Å²) in [7, 11) is 0. The number of carbonyl (C=O) groups excluding carboxylic acids is 1. The standard InChI is InChI=1S/C14H22N2O2/c1-2-11(8-9-17)10-16-14(18)13(15)12-6-4-3-5-7-12/h3-7,11,13,17H,2,8-10,15H2,1H3,(H,16,18). The summed E-state index contributed by atoms with van der Waals surface area (Å²) in [5.41, 5.74) is 6.69. The number of benzene rings is 1. The fourth-order valence-corrected chi connectivity index (χ4v) is 1.80. The van der Waals surface area contributed by atoms with Crippen molar-refractivity contribution >= 4 is 5.91 Å². The molecule has 1 aromatic rings. The van der Waals surface area contributed by atoms with Gasteiger partial charge in [0.1, 0.15) is 6.04 Å². The lowest BCUT2D eigenvalue weighted by Gasteiger charge is -2.17. The van der Waals surface area contributed by atoms with Gasteiger partial charge in [-0.3, -0.25) is 4.79 Å². The van der Waals surface area contributed by atoms with Crippen LogP contribution in [0.4, 0.5) is 0 Å². The van der Waals surface area contributed by atoms with E-state index >= 15 is 0 Å². The van der Waals surface area contributed by atoms with Gasteiger partial charge in [0, 0.05) is 13.2 Å². The van der Waals surface area contributed by atoms with Crippen LogP contribution in [0.15, 0.2) is 30.3 Å². The van der Waals surface area contributed by atoms with Crippen molar-refractivity contribution in [1.29, 1.82) is 0 Å². The van der Waals surface area contributed by atoms with Gasteiger partial charge in [0.2, 0.25) is 5.91 Å². The second kappa shape index (κ2) is 7.84. The molecule has 0 radical (unpaired) electrons. The van der Waals surface area contributed by atoms with Crippen LogP contribution in [0, 0.1) is 5.92 Å². The molecule has 2 unspecified atom stereocenters. The Bertz CT molecular complexity index is 354. The second-order valence-corrected chi connectivity index (χ2v) is 4.42. The quantitative estimate of drug-likeness (QED) is 0.681. The largest absolute Gasteiger partial charge is 0.396 e. The van der Waals surface area contributed by atoms with E-state index in [0.717, 1.165) is 12.0 Å². The van der Waals surface area contributed by atoms with Gasteiger partial charge < -0.3 is 16.2 Å². The molecule has 1 rings (SSSR count). The van der Waals surface area contributed by atoms with Crippen molar-refractivity contribution in [1.82, 2.24) is 5.32 Å². The SMILES string of the molecule is CCC(CCO)CNC(=O)C(N)c1ccccc1. The Hall–Kier alpha value is -1.39. The maximum absolute atomic E-state index is 11.9. The first-order valence-electron chi connectivity index (χ1n) is 6.38. The Kier molecular flexibility index (Phi) is 6.39. The van der Waals surface area contributed by atoms with Crippen LogP contribution in [0.3, 0.4) is 0 Å². The normalized spacial score (nSPS) is 13.9. The van der Waals surface area contributed by atoms with Crippen molar-refractivity contribution in [3.8, 4) is 0 Å². The molecule has 0 saturated heterocycles. The maximum Gasteiger partial charge on any atom is 0.241 e. The van der Waals surface area contributed by atoms with Crippen LogP contribution in [-0.4, -0.2) is 24.2 Å². The highest BCUT2D eigenvalue weighted by atomic mass is 16.3. The van der Waals surface area contributed by atoms with Crippen molar-refractivity contribution < 1.29 is 9.90 Å². The Balaban J connectivity index is 2.45. The topological polar surface area (TPSA) is 75.3 Å². The zero-order valence-corrected chi connectivity index (χ0v) is 10.8. The Morgan fingerprint density at radius 1 is 1.39 bits per heavy atom. The van der Waals surface area contributed by atoms with Crippen LogP contribution in [0.25, 0.3) is 0 Å². The monoisotopic (exact) mass is 250 g/mol. The zero-order chi connectivity index (χ0) is 13.4. The summed E-state index contributed by atoms with van der Waals surface area (Å²) in [4.78, 5) is 11.9. The number of hydrogen-bond donors (Lipinski definition) is 3. The predicted octanol–water partition coefficient (Wildman–Crippen LogP) is 1.21. The highest BCUT2D eigenvalue weighted by Gasteiger charge is 2.16. The first-order valence-corrected chi connectivity index (χ1v) is 6.38. The van der Waals surface area contributed by atoms with Gasteiger partial charge in [-0.15, -0.1) is 0 Å². The first-order chi connectivity index (χ1) is 8.69. The van der Waals surface area contributed by atoms with Crippen molar-refractivity contribution in [3.63, 3.8) is 0 Å². The van der Waals surface area contributed by atoms with Crippen LogP contribution >= 0.6 is 0 Å². The Labute approximate surface area is 108 Å². The summed E-state index contributed by atoms with van der Waals surface area (Å²) < 4.78 is 0. The zero-order valence-electron chi connectivity index (χ0n) is 10.8. The lowest BCUT2D eigenvalue weighted by Crippen LogP contribution is -2.37. The van der Waals surface area contributed by atoms with Gasteiger partial charge in [0.05, 0.1) is 0 Å². The molecule has 0 aliphatic rings. The molecule has 0 spiro atoms. The number of rotatable bonds is 7. The lowest BCUT2D eigenvalue weighted by atomic mass is 10.0. The van der Waals surface area contributed by atoms with Gasteiger partial charge in [0.15, 0.2) is 0 Å². The van der Waals surface area contributed by atoms with Gasteiger partial charge in [-0.1, -0.05) is 43.7 Å². The summed E-state index contributed by atoms with van der Waals surface area (Å²) >= 11 is 0. The third kappa shape index (κ3) is 4.47. The van der Waals surface area contributed by atoms with E-state index in [9.17, 15) is 4.79 Å². The summed E-state index contributed by atoms with van der Waals surface area (Å²) in [6.45, 7) is 2.76. The fraction of sp³-hybridized carbons (Fsp3) is 0.500. The van der Waals surface area contributed by atoms with Crippen LogP contribution in [0.2, 0.25) is 0 Å². The second-order valence-electron chi connectivity index (χ2n) is 4.42. The summed E-state index contributed by atoms with van der Waals surface area (Å²) in [5, 5.41) is 11.7. The fourth-order valence-electron chi connectivity index (χ4n) is 1.80. The number of aliphatic hydroxyl groups is 1. The molecule has 0 heterocycles. The van der Waals surface area contributed by atoms with Crippen LogP contribution in [0.1, 0.15) is 31.4 Å². The predicted molar refractivity (Wildman–Crippen MR) is 71.9 cm³/mol. The number of nitrogens with one attached hydrogen (secondary N) is 1. The van der Waals surface area contributed by atoms with Gasteiger partial charge in [-0.05, 0) is 17.9 Å². The molecule has 0 aromatic heterocycles. The van der Waals surface area contributed by atoms with Crippen molar-refractivity contribution in [2.24, 2.45) is 11.7 Å². The van der Waals surface area contributed by atoms with Crippen LogP contribution < -0.4 is 11.1 Å². The molecule has 18 heavy (non-hydrogen) atoms. The van der Waals surface area contributed by atoms with E-state index in [1.807, 2.05) is 37.3 Å². The van der Waals surface area contributed by atoms with E-state index in [1.54, 1.807) is 0 Å². The van der Waals surface area contributed by atoms with E-state index in [0.29, 0.717) is 18.9 Å². The molecule has 2 atom stereocenters. The van der Waals surface area contributed by atoms with Crippen molar-refractivity contribution in [2.45, 2.75) is 25.8 Å². The van der Waals surface area contributed by atoms with Crippen molar-refractivity contribution in [2.75, 3.05) is 13.2 Å². The average molecular weight is 250 g/mol. The molecule has 0 bridgehead atoms. The summed E-state index contributed by atoms with van der Waals surface area (Å²) in [6, 6.07) is 8.68. The molecule has 0 aliphatic carbocycles. The minimum Gasteiger partial charge on any atom is -0.396 e. The number of hydrogen-bond acceptors (Lipinski definition) is 3. The van der Waals surface area contributed by atoms with Gasteiger partial charge in [0.25, 0.3) is 0 Å². The smallest absolute Gasteiger partial charge is 0.241 e. The maximum atomic E-state index is 11.9.